The SMILES string of the molecule is CC(O)(CN=C(NCCc1ccco1)NC1CCc2ccccc2C1)c1ccco1. The van der Waals surface area contributed by atoms with Crippen LogP contribution >= 0.6 is 0 Å². The van der Waals surface area contributed by atoms with Gasteiger partial charge in [0.25, 0.3) is 0 Å². The predicted molar refractivity (Wildman–Crippen MR) is 116 cm³/mol. The van der Waals surface area contributed by atoms with Crippen LogP contribution in [0.4, 0.5) is 0 Å². The number of hydrogen-bond acceptors (Lipinski definition) is 4. The zero-order chi connectivity index (χ0) is 20.8. The number of furan rings is 2. The predicted octanol–water partition coefficient (Wildman–Crippen LogP) is 3.42. The molecule has 2 unspecified atom stereocenters. The van der Waals surface area contributed by atoms with Crippen molar-refractivity contribution in [2.45, 2.75) is 44.2 Å². The molecule has 1 aromatic carbocycles. The summed E-state index contributed by atoms with van der Waals surface area (Å²) in [6.07, 6.45) is 7.07. The Bertz CT molecular complexity index is 946. The summed E-state index contributed by atoms with van der Waals surface area (Å²) >= 11 is 0. The summed E-state index contributed by atoms with van der Waals surface area (Å²) in [5, 5.41) is 17.7. The average Bonchev–Trinajstić information content (AvgIpc) is 3.46. The molecule has 6 nitrogen and oxygen atoms in total. The maximum Gasteiger partial charge on any atom is 0.191 e. The lowest BCUT2D eigenvalue weighted by molar-refractivity contribution is 0.0436. The van der Waals surface area contributed by atoms with Crippen molar-refractivity contribution in [1.82, 2.24) is 10.6 Å². The molecule has 0 amide bonds. The molecule has 0 spiro atoms. The summed E-state index contributed by atoms with van der Waals surface area (Å²) in [7, 11) is 0. The summed E-state index contributed by atoms with van der Waals surface area (Å²) in [5.41, 5.74) is 1.65. The van der Waals surface area contributed by atoms with Crippen molar-refractivity contribution in [3.8, 4) is 0 Å². The molecule has 2 atom stereocenters. The average molecular weight is 408 g/mol. The standard InChI is InChI=1S/C24H29N3O3/c1-24(28,22-9-5-15-30-22)17-26-23(25-13-12-21-8-4-14-29-21)27-20-11-10-18-6-2-3-7-19(18)16-20/h2-9,14-15,20,28H,10-13,16-17H2,1H3,(H2,25,26,27). The van der Waals surface area contributed by atoms with Gasteiger partial charge in [-0.2, -0.15) is 0 Å². The zero-order valence-corrected chi connectivity index (χ0v) is 17.3. The van der Waals surface area contributed by atoms with E-state index in [-0.39, 0.29) is 6.54 Å². The second kappa shape index (κ2) is 9.22. The highest BCUT2D eigenvalue weighted by Crippen LogP contribution is 2.22. The van der Waals surface area contributed by atoms with Gasteiger partial charge in [-0.25, -0.2) is 4.99 Å². The second-order valence-electron chi connectivity index (χ2n) is 8.02. The minimum Gasteiger partial charge on any atom is -0.469 e. The Balaban J connectivity index is 1.42. The smallest absolute Gasteiger partial charge is 0.191 e. The third kappa shape index (κ3) is 5.13. The molecule has 0 aliphatic heterocycles. The quantitative estimate of drug-likeness (QED) is 0.413. The van der Waals surface area contributed by atoms with Crippen LogP contribution in [0, 0.1) is 0 Å². The van der Waals surface area contributed by atoms with Gasteiger partial charge in [-0.1, -0.05) is 24.3 Å². The van der Waals surface area contributed by atoms with Gasteiger partial charge >= 0.3 is 0 Å². The van der Waals surface area contributed by atoms with Crippen molar-refractivity contribution in [2.75, 3.05) is 13.1 Å². The molecule has 1 aliphatic rings. The second-order valence-corrected chi connectivity index (χ2v) is 8.02. The maximum absolute atomic E-state index is 10.8. The van der Waals surface area contributed by atoms with Gasteiger partial charge in [0.1, 0.15) is 17.1 Å². The monoisotopic (exact) mass is 407 g/mol. The number of nitrogens with zero attached hydrogens (tertiary/aromatic N) is 1. The van der Waals surface area contributed by atoms with E-state index in [0.717, 1.165) is 31.4 Å². The number of benzene rings is 1. The van der Waals surface area contributed by atoms with Gasteiger partial charge in [-0.15, -0.1) is 0 Å². The minimum atomic E-state index is -1.17. The molecular weight excluding hydrogens is 378 g/mol. The molecule has 158 valence electrons. The van der Waals surface area contributed by atoms with Gasteiger partial charge in [0, 0.05) is 19.0 Å². The third-order valence-electron chi connectivity index (χ3n) is 5.53. The summed E-state index contributed by atoms with van der Waals surface area (Å²) in [6.45, 7) is 2.60. The summed E-state index contributed by atoms with van der Waals surface area (Å²) in [4.78, 5) is 4.67. The van der Waals surface area contributed by atoms with E-state index in [9.17, 15) is 5.11 Å². The van der Waals surface area contributed by atoms with Crippen LogP contribution in [0.2, 0.25) is 0 Å². The van der Waals surface area contributed by atoms with E-state index in [1.165, 1.54) is 11.1 Å². The highest BCUT2D eigenvalue weighted by molar-refractivity contribution is 5.80. The number of aryl methyl sites for hydroxylation is 1. The van der Waals surface area contributed by atoms with Gasteiger partial charge in [-0.05, 0) is 61.6 Å². The number of fused-ring (bicyclic) bond motifs is 1. The van der Waals surface area contributed by atoms with E-state index >= 15 is 0 Å². The van der Waals surface area contributed by atoms with Crippen LogP contribution in [0.15, 0.2) is 74.9 Å². The van der Waals surface area contributed by atoms with Crippen molar-refractivity contribution < 1.29 is 13.9 Å². The van der Waals surface area contributed by atoms with E-state index in [4.69, 9.17) is 8.83 Å². The van der Waals surface area contributed by atoms with Crippen LogP contribution in [-0.4, -0.2) is 30.2 Å². The lowest BCUT2D eigenvalue weighted by Gasteiger charge is -2.27. The normalized spacial score (nSPS) is 18.5. The Kier molecular flexibility index (Phi) is 6.23. The number of nitrogens with one attached hydrogen (secondary N) is 2. The van der Waals surface area contributed by atoms with Crippen molar-refractivity contribution in [1.29, 1.82) is 0 Å². The van der Waals surface area contributed by atoms with Gasteiger partial charge in [-0.3, -0.25) is 0 Å². The van der Waals surface area contributed by atoms with Crippen molar-refractivity contribution in [3.63, 3.8) is 0 Å². The van der Waals surface area contributed by atoms with E-state index < -0.39 is 5.60 Å². The molecule has 3 aromatic rings. The molecule has 2 heterocycles. The Morgan fingerprint density at radius 1 is 1.10 bits per heavy atom. The molecule has 1 aliphatic carbocycles. The van der Waals surface area contributed by atoms with E-state index in [2.05, 4.69) is 39.9 Å². The largest absolute Gasteiger partial charge is 0.469 e. The minimum absolute atomic E-state index is 0.194. The van der Waals surface area contributed by atoms with Crippen LogP contribution in [0.25, 0.3) is 0 Å². The number of hydrogen-bond donors (Lipinski definition) is 3. The van der Waals surface area contributed by atoms with Gasteiger partial charge in [0.05, 0.1) is 19.1 Å². The number of guanidine groups is 1. The zero-order valence-electron chi connectivity index (χ0n) is 17.3. The molecule has 3 N–H and O–H groups in total. The Morgan fingerprint density at radius 3 is 2.67 bits per heavy atom. The first-order valence-electron chi connectivity index (χ1n) is 10.5. The first-order valence-corrected chi connectivity index (χ1v) is 10.5. The third-order valence-corrected chi connectivity index (χ3v) is 5.53. The van der Waals surface area contributed by atoms with Crippen LogP contribution in [0.3, 0.4) is 0 Å². The molecule has 4 rings (SSSR count). The molecule has 0 saturated heterocycles. The fraction of sp³-hybridized carbons (Fsp3) is 0.375. The lowest BCUT2D eigenvalue weighted by atomic mass is 9.88. The fourth-order valence-corrected chi connectivity index (χ4v) is 3.82. The molecule has 30 heavy (non-hydrogen) atoms. The molecule has 0 radical (unpaired) electrons. The highest BCUT2D eigenvalue weighted by atomic mass is 16.4. The fourth-order valence-electron chi connectivity index (χ4n) is 3.82. The molecule has 0 fully saturated rings. The van der Waals surface area contributed by atoms with Crippen molar-refractivity contribution in [3.05, 3.63) is 83.7 Å². The molecular formula is C24H29N3O3. The van der Waals surface area contributed by atoms with Gasteiger partial charge in [0.15, 0.2) is 5.96 Å². The number of rotatable bonds is 7. The van der Waals surface area contributed by atoms with Crippen LogP contribution < -0.4 is 10.6 Å². The topological polar surface area (TPSA) is 82.9 Å². The Morgan fingerprint density at radius 2 is 1.90 bits per heavy atom. The van der Waals surface area contributed by atoms with E-state index in [1.54, 1.807) is 31.6 Å². The van der Waals surface area contributed by atoms with Crippen molar-refractivity contribution in [2.24, 2.45) is 4.99 Å². The van der Waals surface area contributed by atoms with Crippen molar-refractivity contribution >= 4 is 5.96 Å². The highest BCUT2D eigenvalue weighted by Gasteiger charge is 2.26. The van der Waals surface area contributed by atoms with Crippen LogP contribution in [-0.2, 0) is 24.9 Å². The number of aliphatic hydroxyl groups is 1. The van der Waals surface area contributed by atoms with Gasteiger partial charge < -0.3 is 24.6 Å². The van der Waals surface area contributed by atoms with E-state index in [0.29, 0.717) is 24.3 Å². The number of aliphatic imine (C=N–C) groups is 1. The molecule has 6 heteroatoms. The van der Waals surface area contributed by atoms with Crippen LogP contribution in [0.5, 0.6) is 0 Å². The first kappa shape index (κ1) is 20.3. The first-order chi connectivity index (χ1) is 14.6. The summed E-state index contributed by atoms with van der Waals surface area (Å²) < 4.78 is 10.8. The molecule has 0 bridgehead atoms. The summed E-state index contributed by atoms with van der Waals surface area (Å²) in [6, 6.07) is 16.3. The van der Waals surface area contributed by atoms with Gasteiger partial charge in [0.2, 0.25) is 0 Å². The Hall–Kier alpha value is -2.99. The molecule has 0 saturated carbocycles. The lowest BCUT2D eigenvalue weighted by Crippen LogP contribution is -2.46. The molecule has 2 aromatic heterocycles. The van der Waals surface area contributed by atoms with Crippen LogP contribution in [0.1, 0.15) is 36.0 Å². The maximum atomic E-state index is 10.8. The van der Waals surface area contributed by atoms with E-state index in [1.807, 2.05) is 12.1 Å². The Labute approximate surface area is 177 Å². The summed E-state index contributed by atoms with van der Waals surface area (Å²) in [5.74, 6) is 2.13.